The third-order valence-electron chi connectivity index (χ3n) is 5.58. The minimum Gasteiger partial charge on any atom is -0.497 e. The van der Waals surface area contributed by atoms with E-state index >= 15 is 0 Å². The molecule has 1 aliphatic rings. The van der Waals surface area contributed by atoms with Crippen molar-refractivity contribution in [3.63, 3.8) is 0 Å². The molecule has 2 aromatic heterocycles. The summed E-state index contributed by atoms with van der Waals surface area (Å²) >= 11 is 0. The van der Waals surface area contributed by atoms with Gasteiger partial charge in [-0.2, -0.15) is 4.98 Å². The van der Waals surface area contributed by atoms with E-state index < -0.39 is 11.9 Å². The van der Waals surface area contributed by atoms with Crippen LogP contribution in [0, 0.1) is 5.92 Å². The van der Waals surface area contributed by atoms with Crippen LogP contribution in [0.15, 0.2) is 57.6 Å². The Kier molecular flexibility index (Phi) is 6.09. The molecule has 35 heavy (non-hydrogen) atoms. The number of methoxy groups -OCH3 is 1. The number of ether oxygens (including phenoxy) is 3. The lowest BCUT2D eigenvalue weighted by atomic mass is 10.0. The van der Waals surface area contributed by atoms with Crippen LogP contribution in [-0.2, 0) is 0 Å². The van der Waals surface area contributed by atoms with Crippen molar-refractivity contribution >= 4 is 5.91 Å². The number of rotatable bonds is 7. The number of hydrogen-bond donors (Lipinski definition) is 1. The number of nitrogens with one attached hydrogen (secondary N) is 1. The van der Waals surface area contributed by atoms with Gasteiger partial charge in [-0.3, -0.25) is 4.79 Å². The molecular weight excluding hydrogens is 452 g/mol. The third-order valence-corrected chi connectivity index (χ3v) is 5.58. The van der Waals surface area contributed by atoms with Crippen LogP contribution in [0.5, 0.6) is 17.2 Å². The van der Waals surface area contributed by atoms with Gasteiger partial charge in [0.15, 0.2) is 23.0 Å². The van der Waals surface area contributed by atoms with Gasteiger partial charge in [0.2, 0.25) is 11.7 Å². The van der Waals surface area contributed by atoms with Gasteiger partial charge >= 0.3 is 0 Å². The molecule has 0 radical (unpaired) electrons. The molecule has 1 atom stereocenters. The number of benzene rings is 2. The summed E-state index contributed by atoms with van der Waals surface area (Å²) in [5.41, 5.74) is 1.63. The molecule has 0 saturated carbocycles. The second kappa shape index (κ2) is 9.49. The highest BCUT2D eigenvalue weighted by molar-refractivity contribution is 5.93. The summed E-state index contributed by atoms with van der Waals surface area (Å²) in [5, 5.41) is 10.9. The molecule has 10 nitrogen and oxygen atoms in total. The van der Waals surface area contributed by atoms with Crippen LogP contribution in [0.3, 0.4) is 0 Å². The van der Waals surface area contributed by atoms with Crippen molar-refractivity contribution in [3.8, 4) is 40.0 Å². The molecule has 3 heterocycles. The molecular formula is C25H24N4O6. The van der Waals surface area contributed by atoms with Crippen molar-refractivity contribution in [2.45, 2.75) is 19.9 Å². The van der Waals surface area contributed by atoms with E-state index in [0.717, 1.165) is 16.9 Å². The number of carbonyl (C=O) groups is 1. The van der Waals surface area contributed by atoms with Crippen molar-refractivity contribution < 1.29 is 28.1 Å². The minimum absolute atomic E-state index is 0.0210. The summed E-state index contributed by atoms with van der Waals surface area (Å²) < 4.78 is 27.3. The lowest BCUT2D eigenvalue weighted by Crippen LogP contribution is -2.32. The number of nitrogens with zero attached hydrogens (tertiary/aromatic N) is 3. The summed E-state index contributed by atoms with van der Waals surface area (Å²) in [5.74, 6) is 2.75. The largest absolute Gasteiger partial charge is 0.497 e. The van der Waals surface area contributed by atoms with E-state index in [1.807, 2.05) is 44.2 Å². The summed E-state index contributed by atoms with van der Waals surface area (Å²) in [6.07, 6.45) is 0. The maximum absolute atomic E-state index is 13.0. The molecule has 5 rings (SSSR count). The topological polar surface area (TPSA) is 122 Å². The van der Waals surface area contributed by atoms with Gasteiger partial charge in [-0.15, -0.1) is 0 Å². The highest BCUT2D eigenvalue weighted by Crippen LogP contribution is 2.35. The van der Waals surface area contributed by atoms with Gasteiger partial charge in [0.25, 0.3) is 5.91 Å². The Morgan fingerprint density at radius 2 is 1.69 bits per heavy atom. The zero-order valence-electron chi connectivity index (χ0n) is 19.5. The number of aromatic nitrogens is 3. The van der Waals surface area contributed by atoms with Crippen molar-refractivity contribution in [1.29, 1.82) is 0 Å². The lowest BCUT2D eigenvalue weighted by molar-refractivity contribution is 0.0904. The quantitative estimate of drug-likeness (QED) is 0.416. The first kappa shape index (κ1) is 22.5. The Hall–Kier alpha value is -4.34. The minimum atomic E-state index is -0.517. The fourth-order valence-electron chi connectivity index (χ4n) is 3.66. The Balaban J connectivity index is 1.32. The van der Waals surface area contributed by atoms with E-state index in [0.29, 0.717) is 42.2 Å². The SMILES string of the molecule is COc1ccc(-c2noc(C(NC(=O)c3cc(-c4ccc5c(c4)OCCO5)on3)C(C)C)n2)cc1. The number of fused-ring (bicyclic) bond motifs is 1. The Bertz CT molecular complexity index is 1330. The predicted molar refractivity (Wildman–Crippen MR) is 124 cm³/mol. The van der Waals surface area contributed by atoms with Gasteiger partial charge < -0.3 is 28.6 Å². The van der Waals surface area contributed by atoms with Crippen LogP contribution in [0.4, 0.5) is 0 Å². The van der Waals surface area contributed by atoms with E-state index in [-0.39, 0.29) is 11.6 Å². The van der Waals surface area contributed by atoms with Crippen LogP contribution >= 0.6 is 0 Å². The molecule has 0 fully saturated rings. The van der Waals surface area contributed by atoms with E-state index in [9.17, 15) is 4.79 Å². The van der Waals surface area contributed by atoms with Crippen molar-refractivity contribution in [3.05, 3.63) is 60.1 Å². The summed E-state index contributed by atoms with van der Waals surface area (Å²) in [4.78, 5) is 17.5. The first-order valence-corrected chi connectivity index (χ1v) is 11.2. The molecule has 0 spiro atoms. The second-order valence-corrected chi connectivity index (χ2v) is 8.31. The van der Waals surface area contributed by atoms with Crippen LogP contribution in [0.1, 0.15) is 36.3 Å². The number of carbonyl (C=O) groups excluding carboxylic acids is 1. The fraction of sp³-hybridized carbons (Fsp3) is 0.280. The molecule has 1 amide bonds. The Morgan fingerprint density at radius 3 is 2.43 bits per heavy atom. The van der Waals surface area contributed by atoms with Crippen LogP contribution in [0.2, 0.25) is 0 Å². The Labute approximate surface area is 201 Å². The van der Waals surface area contributed by atoms with Gasteiger partial charge in [0.1, 0.15) is 25.0 Å². The van der Waals surface area contributed by atoms with E-state index in [1.54, 1.807) is 25.3 Å². The predicted octanol–water partition coefficient (Wildman–Crippen LogP) is 4.30. The maximum Gasteiger partial charge on any atom is 0.274 e. The molecule has 1 N–H and O–H groups in total. The second-order valence-electron chi connectivity index (χ2n) is 8.31. The molecule has 0 aliphatic carbocycles. The summed E-state index contributed by atoms with van der Waals surface area (Å²) in [7, 11) is 1.60. The number of hydrogen-bond acceptors (Lipinski definition) is 9. The monoisotopic (exact) mass is 476 g/mol. The van der Waals surface area contributed by atoms with Crippen molar-refractivity contribution in [2.24, 2.45) is 5.92 Å². The third kappa shape index (κ3) is 4.68. The highest BCUT2D eigenvalue weighted by Gasteiger charge is 2.27. The van der Waals surface area contributed by atoms with Crippen molar-refractivity contribution in [2.75, 3.05) is 20.3 Å². The molecule has 10 heteroatoms. The Morgan fingerprint density at radius 1 is 0.943 bits per heavy atom. The molecule has 1 aliphatic heterocycles. The maximum atomic E-state index is 13.0. The lowest BCUT2D eigenvalue weighted by Gasteiger charge is -2.18. The average Bonchev–Trinajstić information content (AvgIpc) is 3.57. The van der Waals surface area contributed by atoms with E-state index in [1.165, 1.54) is 0 Å². The first-order valence-electron chi connectivity index (χ1n) is 11.2. The molecule has 0 saturated heterocycles. The summed E-state index contributed by atoms with van der Waals surface area (Å²) in [6.45, 7) is 4.89. The molecule has 0 bridgehead atoms. The first-order chi connectivity index (χ1) is 17.0. The van der Waals surface area contributed by atoms with Gasteiger partial charge in [-0.25, -0.2) is 0 Å². The molecule has 180 valence electrons. The fourth-order valence-corrected chi connectivity index (χ4v) is 3.66. The molecule has 1 unspecified atom stereocenters. The molecule has 4 aromatic rings. The zero-order chi connectivity index (χ0) is 24.4. The van der Waals surface area contributed by atoms with Gasteiger partial charge in [-0.1, -0.05) is 24.2 Å². The van der Waals surface area contributed by atoms with Gasteiger partial charge in [0, 0.05) is 17.2 Å². The molecule has 2 aromatic carbocycles. The van der Waals surface area contributed by atoms with Crippen LogP contribution < -0.4 is 19.5 Å². The van der Waals surface area contributed by atoms with E-state index in [2.05, 4.69) is 20.6 Å². The van der Waals surface area contributed by atoms with Gasteiger partial charge in [0.05, 0.1) is 7.11 Å². The zero-order valence-corrected chi connectivity index (χ0v) is 19.5. The van der Waals surface area contributed by atoms with Crippen molar-refractivity contribution in [1.82, 2.24) is 20.6 Å². The normalized spacial score (nSPS) is 13.5. The van der Waals surface area contributed by atoms with E-state index in [4.69, 9.17) is 23.3 Å². The standard InChI is InChI=1S/C25H24N4O6/c1-14(2)22(25-27-23(29-35-25)15-4-7-17(31-3)8-5-15)26-24(30)18-13-20(34-28-18)16-6-9-19-21(12-16)33-11-10-32-19/h4-9,12-14,22H,10-11H2,1-3H3,(H,26,30). The van der Waals surface area contributed by atoms with Gasteiger partial charge in [-0.05, 0) is 48.4 Å². The average molecular weight is 476 g/mol. The smallest absolute Gasteiger partial charge is 0.274 e. The highest BCUT2D eigenvalue weighted by atomic mass is 16.6. The number of amides is 1. The van der Waals surface area contributed by atoms with Crippen LogP contribution in [0.25, 0.3) is 22.7 Å². The van der Waals surface area contributed by atoms with Crippen LogP contribution in [-0.4, -0.2) is 41.5 Å². The summed E-state index contributed by atoms with van der Waals surface area (Å²) in [6, 6.07) is 13.8.